The highest BCUT2D eigenvalue weighted by atomic mass is 15.2. The summed E-state index contributed by atoms with van der Waals surface area (Å²) < 4.78 is 0. The predicted octanol–water partition coefficient (Wildman–Crippen LogP) is 1.96. The smallest absolute Gasteiger partial charge is 0.0110 e. The fourth-order valence-corrected chi connectivity index (χ4v) is 2.31. The Bertz CT molecular complexity index is 156. The molecule has 0 saturated carbocycles. The van der Waals surface area contributed by atoms with Gasteiger partial charge >= 0.3 is 0 Å². The van der Waals surface area contributed by atoms with Crippen molar-refractivity contribution >= 4 is 0 Å². The lowest BCUT2D eigenvalue weighted by atomic mass is 10.1. The molecule has 1 aliphatic heterocycles. The summed E-state index contributed by atoms with van der Waals surface area (Å²) >= 11 is 0. The van der Waals surface area contributed by atoms with Crippen LogP contribution in [0.25, 0.3) is 0 Å². The quantitative estimate of drug-likeness (QED) is 0.679. The lowest BCUT2D eigenvalue weighted by Gasteiger charge is -2.21. The molecule has 1 N–H and O–H groups in total. The van der Waals surface area contributed by atoms with E-state index in [4.69, 9.17) is 0 Å². The minimum absolute atomic E-state index is 0.768. The Labute approximate surface area is 89.1 Å². The van der Waals surface area contributed by atoms with Crippen LogP contribution in [0.4, 0.5) is 0 Å². The van der Waals surface area contributed by atoms with Crippen LogP contribution < -0.4 is 5.32 Å². The number of hydrogen-bond donors (Lipinski definition) is 1. The van der Waals surface area contributed by atoms with Crippen LogP contribution in [-0.2, 0) is 0 Å². The number of nitrogens with one attached hydrogen (secondary N) is 1. The van der Waals surface area contributed by atoms with Gasteiger partial charge in [0.25, 0.3) is 0 Å². The van der Waals surface area contributed by atoms with Crippen molar-refractivity contribution in [3.63, 3.8) is 0 Å². The van der Waals surface area contributed by atoms with Crippen molar-refractivity contribution in [3.05, 3.63) is 0 Å². The molecular formula is C12H26N2. The minimum atomic E-state index is 0.768. The molecule has 0 amide bonds. The molecule has 2 heteroatoms. The Kier molecular flexibility index (Phi) is 4.90. The summed E-state index contributed by atoms with van der Waals surface area (Å²) in [6, 6.07) is 0.797. The number of rotatable bonds is 5. The first-order chi connectivity index (χ1) is 6.59. The first kappa shape index (κ1) is 12.0. The topological polar surface area (TPSA) is 15.3 Å². The third-order valence-electron chi connectivity index (χ3n) is 3.04. The van der Waals surface area contributed by atoms with Crippen LogP contribution in [0.5, 0.6) is 0 Å². The van der Waals surface area contributed by atoms with Gasteiger partial charge in [0.1, 0.15) is 0 Å². The van der Waals surface area contributed by atoms with Gasteiger partial charge in [-0.15, -0.1) is 0 Å². The first-order valence-electron chi connectivity index (χ1n) is 6.04. The molecule has 2 atom stereocenters. The van der Waals surface area contributed by atoms with Crippen molar-refractivity contribution in [2.45, 2.75) is 40.2 Å². The molecule has 0 aromatic carbocycles. The lowest BCUT2D eigenvalue weighted by Crippen LogP contribution is -2.35. The summed E-state index contributed by atoms with van der Waals surface area (Å²) in [7, 11) is 0. The standard InChI is InChI=1S/C12H26N2/c1-10(2)8-13-5-6-14-9-11(3)7-12(14)4/h10-13H,5-9H2,1-4H3. The van der Waals surface area contributed by atoms with E-state index in [-0.39, 0.29) is 0 Å². The zero-order chi connectivity index (χ0) is 10.6. The van der Waals surface area contributed by atoms with E-state index in [2.05, 4.69) is 37.9 Å². The summed E-state index contributed by atoms with van der Waals surface area (Å²) in [5, 5.41) is 3.51. The van der Waals surface area contributed by atoms with Gasteiger partial charge in [0.2, 0.25) is 0 Å². The molecule has 2 nitrogen and oxygen atoms in total. The number of nitrogens with zero attached hydrogens (tertiary/aromatic N) is 1. The van der Waals surface area contributed by atoms with Crippen LogP contribution in [0.2, 0.25) is 0 Å². The Morgan fingerprint density at radius 1 is 1.36 bits per heavy atom. The summed E-state index contributed by atoms with van der Waals surface area (Å²) in [4.78, 5) is 2.61. The van der Waals surface area contributed by atoms with Gasteiger partial charge in [0, 0.05) is 25.7 Å². The van der Waals surface area contributed by atoms with Crippen LogP contribution in [0.3, 0.4) is 0 Å². The molecule has 0 aromatic heterocycles. The van der Waals surface area contributed by atoms with Gasteiger partial charge in [-0.25, -0.2) is 0 Å². The van der Waals surface area contributed by atoms with Crippen LogP contribution in [0, 0.1) is 11.8 Å². The normalized spacial score (nSPS) is 28.9. The maximum absolute atomic E-state index is 3.51. The van der Waals surface area contributed by atoms with Gasteiger partial charge in [0.05, 0.1) is 0 Å². The Balaban J connectivity index is 2.07. The van der Waals surface area contributed by atoms with E-state index in [1.165, 1.54) is 19.5 Å². The molecule has 14 heavy (non-hydrogen) atoms. The van der Waals surface area contributed by atoms with Crippen LogP contribution >= 0.6 is 0 Å². The zero-order valence-corrected chi connectivity index (χ0v) is 10.2. The van der Waals surface area contributed by atoms with Gasteiger partial charge in [-0.3, -0.25) is 4.90 Å². The van der Waals surface area contributed by atoms with E-state index in [1.54, 1.807) is 0 Å². The highest BCUT2D eigenvalue weighted by molar-refractivity contribution is 4.80. The first-order valence-corrected chi connectivity index (χ1v) is 6.04. The Hall–Kier alpha value is -0.0800. The third kappa shape index (κ3) is 3.97. The summed E-state index contributed by atoms with van der Waals surface area (Å²) in [6.07, 6.45) is 1.38. The molecule has 0 radical (unpaired) electrons. The van der Waals surface area contributed by atoms with Gasteiger partial charge in [-0.1, -0.05) is 20.8 Å². The van der Waals surface area contributed by atoms with Crippen molar-refractivity contribution < 1.29 is 0 Å². The number of likely N-dealkylation sites (tertiary alicyclic amines) is 1. The molecule has 84 valence electrons. The molecule has 1 heterocycles. The lowest BCUT2D eigenvalue weighted by molar-refractivity contribution is 0.263. The van der Waals surface area contributed by atoms with Crippen molar-refractivity contribution in [2.24, 2.45) is 11.8 Å². The van der Waals surface area contributed by atoms with Gasteiger partial charge in [0.15, 0.2) is 0 Å². The average molecular weight is 198 g/mol. The highest BCUT2D eigenvalue weighted by Gasteiger charge is 2.24. The average Bonchev–Trinajstić information content (AvgIpc) is 2.39. The SMILES string of the molecule is CC(C)CNCCN1CC(C)CC1C. The maximum atomic E-state index is 3.51. The van der Waals surface area contributed by atoms with Gasteiger partial charge < -0.3 is 5.32 Å². The molecule has 1 saturated heterocycles. The van der Waals surface area contributed by atoms with Crippen LogP contribution in [0.1, 0.15) is 34.1 Å². The van der Waals surface area contributed by atoms with E-state index in [1.807, 2.05) is 0 Å². The molecule has 1 fully saturated rings. The van der Waals surface area contributed by atoms with Crippen molar-refractivity contribution in [1.82, 2.24) is 10.2 Å². The second-order valence-electron chi connectivity index (χ2n) is 5.28. The van der Waals surface area contributed by atoms with Crippen LogP contribution in [0.15, 0.2) is 0 Å². The summed E-state index contributed by atoms with van der Waals surface area (Å²) in [5.41, 5.74) is 0. The van der Waals surface area contributed by atoms with E-state index >= 15 is 0 Å². The molecule has 2 unspecified atom stereocenters. The van der Waals surface area contributed by atoms with Gasteiger partial charge in [-0.05, 0) is 31.7 Å². The van der Waals surface area contributed by atoms with Gasteiger partial charge in [-0.2, -0.15) is 0 Å². The van der Waals surface area contributed by atoms with Crippen molar-refractivity contribution in [3.8, 4) is 0 Å². The second-order valence-corrected chi connectivity index (χ2v) is 5.28. The zero-order valence-electron chi connectivity index (χ0n) is 10.2. The fraction of sp³-hybridized carbons (Fsp3) is 1.00. The number of hydrogen-bond acceptors (Lipinski definition) is 2. The molecular weight excluding hydrogens is 172 g/mol. The van der Waals surface area contributed by atoms with Crippen molar-refractivity contribution in [1.29, 1.82) is 0 Å². The van der Waals surface area contributed by atoms with E-state index in [0.717, 1.165) is 31.0 Å². The highest BCUT2D eigenvalue weighted by Crippen LogP contribution is 2.21. The van der Waals surface area contributed by atoms with E-state index < -0.39 is 0 Å². The predicted molar refractivity (Wildman–Crippen MR) is 62.5 cm³/mol. The molecule has 0 spiro atoms. The summed E-state index contributed by atoms with van der Waals surface area (Å²) in [5.74, 6) is 1.67. The van der Waals surface area contributed by atoms with E-state index in [0.29, 0.717) is 0 Å². The largest absolute Gasteiger partial charge is 0.315 e. The molecule has 0 bridgehead atoms. The Morgan fingerprint density at radius 3 is 2.57 bits per heavy atom. The second kappa shape index (κ2) is 5.72. The van der Waals surface area contributed by atoms with Crippen molar-refractivity contribution in [2.75, 3.05) is 26.2 Å². The third-order valence-corrected chi connectivity index (χ3v) is 3.04. The molecule has 0 aliphatic carbocycles. The Morgan fingerprint density at radius 2 is 2.07 bits per heavy atom. The molecule has 0 aromatic rings. The fourth-order valence-electron chi connectivity index (χ4n) is 2.31. The molecule has 1 aliphatic rings. The maximum Gasteiger partial charge on any atom is 0.0110 e. The molecule has 1 rings (SSSR count). The van der Waals surface area contributed by atoms with E-state index in [9.17, 15) is 0 Å². The van der Waals surface area contributed by atoms with Crippen LogP contribution in [-0.4, -0.2) is 37.1 Å². The summed E-state index contributed by atoms with van der Waals surface area (Å²) in [6.45, 7) is 14.0. The monoisotopic (exact) mass is 198 g/mol. The minimum Gasteiger partial charge on any atom is -0.315 e.